The number of aliphatic hydroxyl groups is 1. The predicted molar refractivity (Wildman–Crippen MR) is 97.1 cm³/mol. The molecule has 4 rings (SSSR count). The van der Waals surface area contributed by atoms with Crippen molar-refractivity contribution in [1.29, 1.82) is 0 Å². The third-order valence-corrected chi connectivity index (χ3v) is 5.85. The number of aryl methyl sites for hydroxylation is 1. The molecule has 26 heavy (non-hydrogen) atoms. The molecule has 2 aliphatic heterocycles. The molecule has 0 aliphatic carbocycles. The minimum Gasteiger partial charge on any atom is -0.388 e. The molecule has 138 valence electrons. The van der Waals surface area contributed by atoms with Gasteiger partial charge in [0.1, 0.15) is 11.7 Å². The number of likely N-dealkylation sites (tertiary alicyclic amines) is 1. The molecule has 6 heteroatoms. The van der Waals surface area contributed by atoms with Gasteiger partial charge in [-0.1, -0.05) is 37.3 Å². The first-order valence-corrected chi connectivity index (χ1v) is 9.24. The molecule has 1 spiro atoms. The quantitative estimate of drug-likeness (QED) is 0.883. The van der Waals surface area contributed by atoms with Gasteiger partial charge in [-0.15, -0.1) is 0 Å². The van der Waals surface area contributed by atoms with Gasteiger partial charge in [-0.3, -0.25) is 9.89 Å². The Hall–Kier alpha value is -2.18. The Kier molecular flexibility index (Phi) is 4.32. The van der Waals surface area contributed by atoms with Gasteiger partial charge < -0.3 is 14.7 Å². The number of rotatable bonds is 3. The number of carbonyl (C=O) groups excluding carboxylic acids is 1. The third-order valence-electron chi connectivity index (χ3n) is 5.85. The fourth-order valence-electron chi connectivity index (χ4n) is 4.24. The zero-order chi connectivity index (χ0) is 18.3. The normalized spacial score (nSPS) is 28.2. The Morgan fingerprint density at radius 1 is 1.42 bits per heavy atom. The minimum atomic E-state index is -0.676. The summed E-state index contributed by atoms with van der Waals surface area (Å²) in [5, 5.41) is 17.8. The molecule has 1 aromatic carbocycles. The van der Waals surface area contributed by atoms with Crippen LogP contribution in [0.4, 0.5) is 0 Å². The van der Waals surface area contributed by atoms with Crippen LogP contribution in [0.15, 0.2) is 30.3 Å². The Morgan fingerprint density at radius 3 is 2.88 bits per heavy atom. The lowest BCUT2D eigenvalue weighted by Gasteiger charge is -2.25. The summed E-state index contributed by atoms with van der Waals surface area (Å²) < 4.78 is 6.08. The molecule has 0 radical (unpaired) electrons. The number of benzene rings is 1. The fraction of sp³-hybridized carbons (Fsp3) is 0.500. The Bertz CT molecular complexity index is 804. The smallest absolute Gasteiger partial charge is 0.274 e. The highest BCUT2D eigenvalue weighted by atomic mass is 16.5. The van der Waals surface area contributed by atoms with Crippen molar-refractivity contribution in [1.82, 2.24) is 15.1 Å². The number of H-pyrrole nitrogens is 1. The van der Waals surface area contributed by atoms with Gasteiger partial charge >= 0.3 is 0 Å². The zero-order valence-corrected chi connectivity index (χ0v) is 15.2. The van der Waals surface area contributed by atoms with Gasteiger partial charge in [0.25, 0.3) is 5.91 Å². The molecule has 6 nitrogen and oxygen atoms in total. The Labute approximate surface area is 153 Å². The van der Waals surface area contributed by atoms with E-state index < -0.39 is 11.7 Å². The number of aromatic amines is 1. The van der Waals surface area contributed by atoms with Crippen molar-refractivity contribution < 1.29 is 14.6 Å². The van der Waals surface area contributed by atoms with E-state index in [-0.39, 0.29) is 18.4 Å². The van der Waals surface area contributed by atoms with E-state index in [4.69, 9.17) is 4.74 Å². The van der Waals surface area contributed by atoms with E-state index in [1.807, 2.05) is 32.0 Å². The number of ether oxygens (including phenoxy) is 1. The highest BCUT2D eigenvalue weighted by molar-refractivity contribution is 5.94. The Balaban J connectivity index is 1.51. The summed E-state index contributed by atoms with van der Waals surface area (Å²) in [5.41, 5.74) is 2.86. The summed E-state index contributed by atoms with van der Waals surface area (Å²) >= 11 is 0. The standard InChI is InChI=1S/C20H25N3O3/c1-3-16-13(2)18(22-21-16)19(25)23-10-17(24)20(12-23)9-15(11-26-20)14-7-5-4-6-8-14/h4-8,15,17,24H,3,9-12H2,1-2H3,(H,21,22)/t15-,17+,20+/m0/s1. The van der Waals surface area contributed by atoms with E-state index in [1.54, 1.807) is 4.90 Å². The number of hydrogen-bond donors (Lipinski definition) is 2. The average Bonchev–Trinajstić information content (AvgIpc) is 3.34. The number of β-amino-alcohol motifs (C(OH)–C–C–N with tert-alkyl or cyclic N) is 1. The SMILES string of the molecule is CCc1[nH]nc(C(=O)N2C[C@@H](O)[C@@]3(C[C@H](c4ccccc4)CO3)C2)c1C. The van der Waals surface area contributed by atoms with Gasteiger partial charge in [-0.25, -0.2) is 0 Å². The molecule has 1 amide bonds. The lowest BCUT2D eigenvalue weighted by molar-refractivity contribution is -0.0591. The van der Waals surface area contributed by atoms with E-state index in [1.165, 1.54) is 5.56 Å². The summed E-state index contributed by atoms with van der Waals surface area (Å²) in [6, 6.07) is 10.2. The second-order valence-corrected chi connectivity index (χ2v) is 7.42. The molecule has 1 aromatic heterocycles. The van der Waals surface area contributed by atoms with Crippen molar-refractivity contribution in [3.05, 3.63) is 52.8 Å². The summed E-state index contributed by atoms with van der Waals surface area (Å²) in [7, 11) is 0. The number of nitrogens with one attached hydrogen (secondary N) is 1. The van der Waals surface area contributed by atoms with Crippen LogP contribution >= 0.6 is 0 Å². The van der Waals surface area contributed by atoms with Crippen molar-refractivity contribution in [3.8, 4) is 0 Å². The number of nitrogens with zero attached hydrogens (tertiary/aromatic N) is 2. The van der Waals surface area contributed by atoms with Crippen molar-refractivity contribution >= 4 is 5.91 Å². The average molecular weight is 355 g/mol. The maximum atomic E-state index is 12.9. The lowest BCUT2D eigenvalue weighted by Crippen LogP contribution is -2.41. The zero-order valence-electron chi connectivity index (χ0n) is 15.2. The molecule has 0 bridgehead atoms. The van der Waals surface area contributed by atoms with Crippen LogP contribution in [0.25, 0.3) is 0 Å². The fourth-order valence-corrected chi connectivity index (χ4v) is 4.24. The third kappa shape index (κ3) is 2.73. The molecule has 0 unspecified atom stereocenters. The van der Waals surface area contributed by atoms with Crippen LogP contribution in [0.1, 0.15) is 46.6 Å². The van der Waals surface area contributed by atoms with E-state index in [0.29, 0.717) is 18.8 Å². The van der Waals surface area contributed by atoms with Gasteiger partial charge in [0.2, 0.25) is 0 Å². The molecular weight excluding hydrogens is 330 g/mol. The van der Waals surface area contributed by atoms with Gasteiger partial charge in [0.05, 0.1) is 13.2 Å². The van der Waals surface area contributed by atoms with Gasteiger partial charge in [-0.05, 0) is 25.3 Å². The van der Waals surface area contributed by atoms with Gasteiger partial charge in [0.15, 0.2) is 5.69 Å². The highest BCUT2D eigenvalue weighted by Gasteiger charge is 2.53. The topological polar surface area (TPSA) is 78.5 Å². The maximum absolute atomic E-state index is 12.9. The van der Waals surface area contributed by atoms with Crippen LogP contribution in [-0.4, -0.2) is 57.5 Å². The first-order valence-electron chi connectivity index (χ1n) is 9.24. The summed E-state index contributed by atoms with van der Waals surface area (Å²) in [6.07, 6.45) is 0.854. The van der Waals surface area contributed by atoms with Gasteiger partial charge in [-0.2, -0.15) is 5.10 Å². The van der Waals surface area contributed by atoms with Crippen LogP contribution in [0.2, 0.25) is 0 Å². The first kappa shape index (κ1) is 17.2. The summed E-state index contributed by atoms with van der Waals surface area (Å²) in [5.74, 6) is 0.112. The van der Waals surface area contributed by atoms with E-state index in [0.717, 1.165) is 24.1 Å². The number of aliphatic hydroxyl groups excluding tert-OH is 1. The molecule has 3 atom stereocenters. The van der Waals surface area contributed by atoms with Crippen LogP contribution < -0.4 is 0 Å². The predicted octanol–water partition coefficient (Wildman–Crippen LogP) is 2.04. The second-order valence-electron chi connectivity index (χ2n) is 7.42. The number of aromatic nitrogens is 2. The Morgan fingerprint density at radius 2 is 2.19 bits per heavy atom. The van der Waals surface area contributed by atoms with Crippen LogP contribution in [0.3, 0.4) is 0 Å². The van der Waals surface area contributed by atoms with E-state index in [2.05, 4.69) is 22.3 Å². The summed E-state index contributed by atoms with van der Waals surface area (Å²) in [6.45, 7) is 5.21. The first-order chi connectivity index (χ1) is 12.5. The maximum Gasteiger partial charge on any atom is 0.274 e. The van der Waals surface area contributed by atoms with Crippen LogP contribution in [0.5, 0.6) is 0 Å². The number of carbonyl (C=O) groups is 1. The lowest BCUT2D eigenvalue weighted by atomic mass is 9.87. The van der Waals surface area contributed by atoms with Crippen LogP contribution in [-0.2, 0) is 11.2 Å². The van der Waals surface area contributed by atoms with Gasteiger partial charge in [0, 0.05) is 23.7 Å². The van der Waals surface area contributed by atoms with Crippen molar-refractivity contribution in [2.45, 2.75) is 44.3 Å². The molecule has 2 N–H and O–H groups in total. The summed E-state index contributed by atoms with van der Waals surface area (Å²) in [4.78, 5) is 14.6. The number of amides is 1. The number of hydrogen-bond acceptors (Lipinski definition) is 4. The molecule has 2 saturated heterocycles. The van der Waals surface area contributed by atoms with Crippen molar-refractivity contribution in [2.75, 3.05) is 19.7 Å². The van der Waals surface area contributed by atoms with E-state index in [9.17, 15) is 9.90 Å². The highest BCUT2D eigenvalue weighted by Crippen LogP contribution is 2.42. The molecule has 0 saturated carbocycles. The minimum absolute atomic E-state index is 0.138. The molecule has 2 aromatic rings. The van der Waals surface area contributed by atoms with Crippen LogP contribution in [0, 0.1) is 6.92 Å². The monoisotopic (exact) mass is 355 g/mol. The molecule has 3 heterocycles. The molecule has 2 fully saturated rings. The van der Waals surface area contributed by atoms with Crippen molar-refractivity contribution in [2.24, 2.45) is 0 Å². The van der Waals surface area contributed by atoms with E-state index >= 15 is 0 Å². The second kappa shape index (κ2) is 6.52. The van der Waals surface area contributed by atoms with Crippen molar-refractivity contribution in [3.63, 3.8) is 0 Å². The molecule has 2 aliphatic rings. The largest absolute Gasteiger partial charge is 0.388 e. The molecular formula is C20H25N3O3.